The van der Waals surface area contributed by atoms with Crippen LogP contribution in [-0.4, -0.2) is 36.6 Å². The van der Waals surface area contributed by atoms with Crippen LogP contribution in [0.25, 0.3) is 12.2 Å². The van der Waals surface area contributed by atoms with Crippen molar-refractivity contribution < 1.29 is 19.7 Å². The van der Waals surface area contributed by atoms with Gasteiger partial charge in [0.25, 0.3) is 0 Å². The molecule has 0 aromatic heterocycles. The van der Waals surface area contributed by atoms with Gasteiger partial charge in [0.05, 0.1) is 36.0 Å². The van der Waals surface area contributed by atoms with Crippen LogP contribution < -0.4 is 9.47 Å². The van der Waals surface area contributed by atoms with E-state index in [4.69, 9.17) is 19.7 Å². The van der Waals surface area contributed by atoms with Crippen LogP contribution in [0.5, 0.6) is 11.5 Å². The second-order valence-electron chi connectivity index (χ2n) is 8.76. The number of benzene rings is 4. The molecule has 0 aliphatic heterocycles. The summed E-state index contributed by atoms with van der Waals surface area (Å²) in [4.78, 5) is 0. The fraction of sp³-hybridized carbons (Fsp3) is 0.188. The highest BCUT2D eigenvalue weighted by atomic mass is 16.5. The first kappa shape index (κ1) is 28.4. The molecule has 0 amide bonds. The van der Waals surface area contributed by atoms with E-state index >= 15 is 0 Å². The van der Waals surface area contributed by atoms with Crippen molar-refractivity contribution in [1.29, 1.82) is 0 Å². The van der Waals surface area contributed by atoms with Gasteiger partial charge in [-0.05, 0) is 83.9 Å². The first-order valence-electron chi connectivity index (χ1n) is 13.1. The quantitative estimate of drug-likeness (QED) is 0.0961. The van der Waals surface area contributed by atoms with Crippen molar-refractivity contribution in [3.63, 3.8) is 0 Å². The fourth-order valence-corrected chi connectivity index (χ4v) is 3.45. The van der Waals surface area contributed by atoms with Gasteiger partial charge in [-0.3, -0.25) is 0 Å². The van der Waals surface area contributed by atoms with Crippen molar-refractivity contribution >= 4 is 34.9 Å². The molecule has 40 heavy (non-hydrogen) atoms. The first-order valence-corrected chi connectivity index (χ1v) is 13.1. The largest absolute Gasteiger partial charge is 0.494 e. The minimum Gasteiger partial charge on any atom is -0.494 e. The Kier molecular flexibility index (Phi) is 11.1. The Hall–Kier alpha value is -4.66. The Morgan fingerprint density at radius 3 is 1.05 bits per heavy atom. The molecule has 0 heterocycles. The lowest BCUT2D eigenvalue weighted by atomic mass is 10.1. The van der Waals surface area contributed by atoms with Crippen molar-refractivity contribution in [2.75, 3.05) is 26.4 Å². The zero-order valence-electron chi connectivity index (χ0n) is 22.1. The predicted octanol–water partition coefficient (Wildman–Crippen LogP) is 8.21. The SMILES string of the molecule is OCCCOc1ccc(/N=N/c2ccc(/C=C/c3ccc(/N=N/c4ccc(OCCCO)cc4)cc3)cc2)cc1. The van der Waals surface area contributed by atoms with Gasteiger partial charge in [0.15, 0.2) is 0 Å². The molecule has 0 bridgehead atoms. The molecule has 0 fully saturated rings. The van der Waals surface area contributed by atoms with Crippen molar-refractivity contribution in [2.24, 2.45) is 20.5 Å². The molecule has 0 saturated heterocycles. The van der Waals surface area contributed by atoms with Gasteiger partial charge in [-0.25, -0.2) is 0 Å². The smallest absolute Gasteiger partial charge is 0.119 e. The molecule has 0 saturated carbocycles. The maximum Gasteiger partial charge on any atom is 0.119 e. The van der Waals surface area contributed by atoms with E-state index in [0.717, 1.165) is 45.4 Å². The maximum absolute atomic E-state index is 8.82. The second kappa shape index (κ2) is 15.7. The van der Waals surface area contributed by atoms with E-state index < -0.39 is 0 Å². The molecule has 4 rings (SSSR count). The van der Waals surface area contributed by atoms with Crippen LogP contribution in [0.4, 0.5) is 22.7 Å². The molecule has 8 nitrogen and oxygen atoms in total. The number of ether oxygens (including phenoxy) is 2. The highest BCUT2D eigenvalue weighted by Crippen LogP contribution is 2.24. The van der Waals surface area contributed by atoms with Gasteiger partial charge < -0.3 is 19.7 Å². The number of azo groups is 2. The van der Waals surface area contributed by atoms with E-state index in [1.165, 1.54) is 0 Å². The van der Waals surface area contributed by atoms with Crippen LogP contribution in [0.2, 0.25) is 0 Å². The third-order valence-electron chi connectivity index (χ3n) is 5.63. The predicted molar refractivity (Wildman–Crippen MR) is 157 cm³/mol. The molecule has 204 valence electrons. The summed E-state index contributed by atoms with van der Waals surface area (Å²) >= 11 is 0. The van der Waals surface area contributed by atoms with Crippen LogP contribution >= 0.6 is 0 Å². The summed E-state index contributed by atoms with van der Waals surface area (Å²) in [7, 11) is 0. The molecular formula is C32H32N4O4. The molecule has 0 aliphatic carbocycles. The van der Waals surface area contributed by atoms with Crippen molar-refractivity contribution in [2.45, 2.75) is 12.8 Å². The lowest BCUT2D eigenvalue weighted by Crippen LogP contribution is -1.99. The topological polar surface area (TPSA) is 108 Å². The van der Waals surface area contributed by atoms with Gasteiger partial charge in [-0.1, -0.05) is 36.4 Å². The Balaban J connectivity index is 1.26. The molecule has 4 aromatic carbocycles. The molecule has 2 N–H and O–H groups in total. The number of rotatable bonds is 14. The molecular weight excluding hydrogens is 504 g/mol. The third kappa shape index (κ3) is 9.58. The number of nitrogens with zero attached hydrogens (tertiary/aromatic N) is 4. The Morgan fingerprint density at radius 2 is 0.750 bits per heavy atom. The summed E-state index contributed by atoms with van der Waals surface area (Å²) in [5.74, 6) is 1.48. The number of hydrogen-bond donors (Lipinski definition) is 2. The average molecular weight is 537 g/mol. The van der Waals surface area contributed by atoms with Crippen LogP contribution in [-0.2, 0) is 0 Å². The zero-order valence-corrected chi connectivity index (χ0v) is 22.1. The van der Waals surface area contributed by atoms with E-state index in [1.54, 1.807) is 0 Å². The van der Waals surface area contributed by atoms with E-state index in [9.17, 15) is 0 Å². The van der Waals surface area contributed by atoms with Crippen molar-refractivity contribution in [3.05, 3.63) is 108 Å². The lowest BCUT2D eigenvalue weighted by molar-refractivity contribution is 0.233. The molecule has 0 aliphatic rings. The van der Waals surface area contributed by atoms with Crippen LogP contribution in [0, 0.1) is 0 Å². The summed E-state index contributed by atoms with van der Waals surface area (Å²) in [6, 6.07) is 30.4. The first-order chi connectivity index (χ1) is 19.7. The van der Waals surface area contributed by atoms with E-state index in [0.29, 0.717) is 26.1 Å². The summed E-state index contributed by atoms with van der Waals surface area (Å²) < 4.78 is 11.0. The highest BCUT2D eigenvalue weighted by molar-refractivity contribution is 5.70. The number of aliphatic hydroxyl groups is 2. The van der Waals surface area contributed by atoms with Crippen LogP contribution in [0.3, 0.4) is 0 Å². The molecule has 0 spiro atoms. The molecule has 8 heteroatoms. The molecule has 0 atom stereocenters. The number of aliphatic hydroxyl groups excluding tert-OH is 2. The maximum atomic E-state index is 8.82. The summed E-state index contributed by atoms with van der Waals surface area (Å²) in [6.45, 7) is 1.19. The van der Waals surface area contributed by atoms with Crippen LogP contribution in [0.15, 0.2) is 118 Å². The Bertz CT molecular complexity index is 1270. The van der Waals surface area contributed by atoms with Gasteiger partial charge in [0, 0.05) is 26.1 Å². The van der Waals surface area contributed by atoms with Gasteiger partial charge in [0.2, 0.25) is 0 Å². The van der Waals surface area contributed by atoms with Crippen molar-refractivity contribution in [1.82, 2.24) is 0 Å². The standard InChI is InChI=1S/C32H32N4O4/c37-21-1-23-39-31-17-13-29(14-18-31)35-33-27-9-5-25(6-10-27)3-4-26-7-11-28(12-8-26)34-36-30-15-19-32(20-16-30)40-24-2-22-38/h3-20,37-38H,1-2,21-24H2/b4-3+,35-33+,36-34+. The fourth-order valence-electron chi connectivity index (χ4n) is 3.45. The zero-order chi connectivity index (χ0) is 27.8. The van der Waals surface area contributed by atoms with Gasteiger partial charge in [0.1, 0.15) is 11.5 Å². The minimum atomic E-state index is 0.115. The van der Waals surface area contributed by atoms with Gasteiger partial charge in [-0.2, -0.15) is 20.5 Å². The normalized spacial score (nSPS) is 11.6. The molecule has 0 radical (unpaired) electrons. The van der Waals surface area contributed by atoms with Gasteiger partial charge >= 0.3 is 0 Å². The van der Waals surface area contributed by atoms with Gasteiger partial charge in [-0.15, -0.1) is 0 Å². The highest BCUT2D eigenvalue weighted by Gasteiger charge is 1.98. The Morgan fingerprint density at radius 1 is 0.450 bits per heavy atom. The van der Waals surface area contributed by atoms with Crippen LogP contribution in [0.1, 0.15) is 24.0 Å². The van der Waals surface area contributed by atoms with E-state index in [1.807, 2.05) is 109 Å². The number of hydrogen-bond acceptors (Lipinski definition) is 8. The van der Waals surface area contributed by atoms with E-state index in [2.05, 4.69) is 20.5 Å². The summed E-state index contributed by atoms with van der Waals surface area (Å²) in [5, 5.41) is 34.8. The summed E-state index contributed by atoms with van der Waals surface area (Å²) in [5.41, 5.74) is 5.10. The summed E-state index contributed by atoms with van der Waals surface area (Å²) in [6.07, 6.45) is 5.29. The third-order valence-corrected chi connectivity index (χ3v) is 5.63. The lowest BCUT2D eigenvalue weighted by Gasteiger charge is -2.04. The second-order valence-corrected chi connectivity index (χ2v) is 8.76. The van der Waals surface area contributed by atoms with Crippen molar-refractivity contribution in [3.8, 4) is 11.5 Å². The Labute approximate surface area is 234 Å². The van der Waals surface area contributed by atoms with E-state index in [-0.39, 0.29) is 13.2 Å². The molecule has 4 aromatic rings. The average Bonchev–Trinajstić information content (AvgIpc) is 3.00. The monoisotopic (exact) mass is 536 g/mol. The minimum absolute atomic E-state index is 0.115. The molecule has 0 unspecified atom stereocenters.